The maximum Gasteiger partial charge on any atom is 0.339 e. The van der Waals surface area contributed by atoms with Crippen LogP contribution >= 0.6 is 23.4 Å². The van der Waals surface area contributed by atoms with Crippen LogP contribution in [0.5, 0.6) is 5.75 Å². The van der Waals surface area contributed by atoms with Crippen LogP contribution < -0.4 is 10.1 Å². The minimum absolute atomic E-state index is 0.259. The number of benzene rings is 2. The second-order valence-electron chi connectivity index (χ2n) is 6.57. The Kier molecular flexibility index (Phi) is 6.34. The Morgan fingerprint density at radius 2 is 1.91 bits per heavy atom. The van der Waals surface area contributed by atoms with E-state index in [9.17, 15) is 9.59 Å². The molecule has 0 aliphatic carbocycles. The fourth-order valence-corrected chi connectivity index (χ4v) is 3.99. The molecule has 0 radical (unpaired) electrons. The first kappa shape index (κ1) is 21.7. The molecule has 1 aromatic heterocycles. The molecule has 32 heavy (non-hydrogen) atoms. The molecule has 2 heterocycles. The standard InChI is InChI=1S/C23H17ClN2O5S/c1-29-15-6-4-14(5-7-15)25-23-26-21(27)20(32-23)12-16-8-10-19(31-16)13-3-9-17(18(24)11-13)22(28)30-2/h3-12H,1-2H3,(H,25,26,27)/b20-12-. The van der Waals surface area contributed by atoms with E-state index in [2.05, 4.69) is 10.3 Å². The van der Waals surface area contributed by atoms with Crippen LogP contribution in [0, 0.1) is 0 Å². The molecule has 1 aliphatic heterocycles. The zero-order chi connectivity index (χ0) is 22.7. The van der Waals surface area contributed by atoms with Gasteiger partial charge in [0.2, 0.25) is 0 Å². The van der Waals surface area contributed by atoms with Gasteiger partial charge >= 0.3 is 5.97 Å². The van der Waals surface area contributed by atoms with E-state index in [4.69, 9.17) is 25.5 Å². The van der Waals surface area contributed by atoms with Crippen molar-refractivity contribution in [2.45, 2.75) is 0 Å². The lowest BCUT2D eigenvalue weighted by molar-refractivity contribution is -0.115. The summed E-state index contributed by atoms with van der Waals surface area (Å²) in [6, 6.07) is 15.6. The van der Waals surface area contributed by atoms with Crippen LogP contribution in [-0.4, -0.2) is 31.3 Å². The van der Waals surface area contributed by atoms with E-state index in [1.807, 2.05) is 0 Å². The number of carbonyl (C=O) groups is 2. The van der Waals surface area contributed by atoms with E-state index < -0.39 is 5.97 Å². The van der Waals surface area contributed by atoms with Crippen molar-refractivity contribution in [2.75, 3.05) is 14.2 Å². The first-order valence-electron chi connectivity index (χ1n) is 9.38. The molecule has 1 aliphatic rings. The molecule has 7 nitrogen and oxygen atoms in total. The van der Waals surface area contributed by atoms with Crippen LogP contribution in [0.2, 0.25) is 5.02 Å². The van der Waals surface area contributed by atoms with Crippen molar-refractivity contribution in [3.8, 4) is 17.1 Å². The quantitative estimate of drug-likeness (QED) is 0.404. The summed E-state index contributed by atoms with van der Waals surface area (Å²) in [5.74, 6) is 1.00. The minimum atomic E-state index is -0.511. The Morgan fingerprint density at radius 1 is 1.12 bits per heavy atom. The smallest absolute Gasteiger partial charge is 0.339 e. The summed E-state index contributed by atoms with van der Waals surface area (Å²) in [4.78, 5) is 28.9. The summed E-state index contributed by atoms with van der Waals surface area (Å²) in [5.41, 5.74) is 1.66. The number of methoxy groups -OCH3 is 2. The SMILES string of the molecule is COC(=O)c1ccc(-c2ccc(/C=C3\SC(=Nc4ccc(OC)cc4)NC3=O)o2)cc1Cl. The van der Waals surface area contributed by atoms with E-state index in [-0.39, 0.29) is 16.5 Å². The summed E-state index contributed by atoms with van der Waals surface area (Å²) in [6.45, 7) is 0. The van der Waals surface area contributed by atoms with Crippen molar-refractivity contribution in [3.05, 3.63) is 75.8 Å². The number of ether oxygens (including phenoxy) is 2. The lowest BCUT2D eigenvalue weighted by Crippen LogP contribution is -2.19. The predicted molar refractivity (Wildman–Crippen MR) is 124 cm³/mol. The Hall–Kier alpha value is -3.49. The Labute approximate surface area is 193 Å². The van der Waals surface area contributed by atoms with E-state index in [1.165, 1.54) is 18.9 Å². The molecule has 0 atom stereocenters. The molecule has 1 N–H and O–H groups in total. The van der Waals surface area contributed by atoms with Gasteiger partial charge in [-0.05, 0) is 60.3 Å². The lowest BCUT2D eigenvalue weighted by atomic mass is 10.1. The third-order valence-electron chi connectivity index (χ3n) is 4.51. The number of rotatable bonds is 5. The highest BCUT2D eigenvalue weighted by Gasteiger charge is 2.24. The number of hydrogen-bond acceptors (Lipinski definition) is 7. The van der Waals surface area contributed by atoms with Crippen molar-refractivity contribution >= 4 is 52.2 Å². The number of hydrogen-bond donors (Lipinski definition) is 1. The van der Waals surface area contributed by atoms with Gasteiger partial charge in [0.05, 0.1) is 35.4 Å². The first-order valence-corrected chi connectivity index (χ1v) is 10.6. The van der Waals surface area contributed by atoms with Gasteiger partial charge in [0.25, 0.3) is 5.91 Å². The molecule has 0 spiro atoms. The van der Waals surface area contributed by atoms with Gasteiger partial charge in [-0.15, -0.1) is 0 Å². The largest absolute Gasteiger partial charge is 0.497 e. The first-order chi connectivity index (χ1) is 15.5. The molecule has 2 aromatic carbocycles. The maximum atomic E-state index is 12.3. The lowest BCUT2D eigenvalue weighted by Gasteiger charge is -2.04. The third-order valence-corrected chi connectivity index (χ3v) is 5.74. The average Bonchev–Trinajstić information content (AvgIpc) is 3.40. The number of furan rings is 1. The number of amidine groups is 1. The Bertz CT molecular complexity index is 1250. The number of thioether (sulfide) groups is 1. The Morgan fingerprint density at radius 3 is 2.59 bits per heavy atom. The normalized spacial score (nSPS) is 15.8. The van der Waals surface area contributed by atoms with Gasteiger partial charge in [-0.2, -0.15) is 0 Å². The summed E-state index contributed by atoms with van der Waals surface area (Å²) in [5, 5.41) is 3.48. The molecule has 9 heteroatoms. The number of esters is 1. The number of aliphatic imine (C=N–C) groups is 1. The van der Waals surface area contributed by atoms with Gasteiger partial charge in [-0.3, -0.25) is 4.79 Å². The van der Waals surface area contributed by atoms with Crippen molar-refractivity contribution in [2.24, 2.45) is 4.99 Å². The molecule has 0 bridgehead atoms. The third kappa shape index (κ3) is 4.71. The maximum absolute atomic E-state index is 12.3. The monoisotopic (exact) mass is 468 g/mol. The minimum Gasteiger partial charge on any atom is -0.497 e. The number of amides is 1. The Balaban J connectivity index is 1.51. The number of carbonyl (C=O) groups excluding carboxylic acids is 2. The molecular formula is C23H17ClN2O5S. The van der Waals surface area contributed by atoms with Crippen LogP contribution in [-0.2, 0) is 9.53 Å². The second kappa shape index (κ2) is 9.33. The highest BCUT2D eigenvalue weighted by molar-refractivity contribution is 8.18. The van der Waals surface area contributed by atoms with E-state index >= 15 is 0 Å². The number of halogens is 1. The predicted octanol–water partition coefficient (Wildman–Crippen LogP) is 5.29. The summed E-state index contributed by atoms with van der Waals surface area (Å²) >= 11 is 7.41. The van der Waals surface area contributed by atoms with Crippen molar-refractivity contribution < 1.29 is 23.5 Å². The molecule has 1 fully saturated rings. The molecule has 0 unspecified atom stereocenters. The van der Waals surface area contributed by atoms with Crippen molar-refractivity contribution in [3.63, 3.8) is 0 Å². The van der Waals surface area contributed by atoms with Crippen LogP contribution in [0.3, 0.4) is 0 Å². The summed E-state index contributed by atoms with van der Waals surface area (Å²) < 4.78 is 15.7. The van der Waals surface area contributed by atoms with Crippen LogP contribution in [0.25, 0.3) is 17.4 Å². The molecule has 1 saturated heterocycles. The fourth-order valence-electron chi connectivity index (χ4n) is 2.91. The van der Waals surface area contributed by atoms with Gasteiger partial charge in [0.1, 0.15) is 17.3 Å². The topological polar surface area (TPSA) is 90.1 Å². The van der Waals surface area contributed by atoms with E-state index in [0.717, 1.165) is 5.75 Å². The van der Waals surface area contributed by atoms with Crippen LogP contribution in [0.4, 0.5) is 5.69 Å². The highest BCUT2D eigenvalue weighted by atomic mass is 35.5. The molecule has 4 rings (SSSR count). The average molecular weight is 469 g/mol. The van der Waals surface area contributed by atoms with Crippen LogP contribution in [0.1, 0.15) is 16.1 Å². The van der Waals surface area contributed by atoms with Crippen molar-refractivity contribution in [1.82, 2.24) is 5.32 Å². The van der Waals surface area contributed by atoms with Crippen LogP contribution in [0.15, 0.2) is 68.9 Å². The van der Waals surface area contributed by atoms with E-state index in [1.54, 1.807) is 67.8 Å². The fraction of sp³-hybridized carbons (Fsp3) is 0.0870. The van der Waals surface area contributed by atoms with Crippen molar-refractivity contribution in [1.29, 1.82) is 0 Å². The zero-order valence-electron chi connectivity index (χ0n) is 17.0. The highest BCUT2D eigenvalue weighted by Crippen LogP contribution is 2.31. The molecule has 162 valence electrons. The zero-order valence-corrected chi connectivity index (χ0v) is 18.6. The second-order valence-corrected chi connectivity index (χ2v) is 8.01. The van der Waals surface area contributed by atoms with Gasteiger partial charge in [-0.25, -0.2) is 9.79 Å². The van der Waals surface area contributed by atoms with Gasteiger partial charge in [0.15, 0.2) is 5.17 Å². The number of nitrogens with one attached hydrogen (secondary N) is 1. The molecule has 3 aromatic rings. The summed E-state index contributed by atoms with van der Waals surface area (Å²) in [7, 11) is 2.89. The van der Waals surface area contributed by atoms with E-state index in [0.29, 0.717) is 32.8 Å². The molecule has 0 saturated carbocycles. The van der Waals surface area contributed by atoms with Gasteiger partial charge in [0, 0.05) is 11.6 Å². The summed E-state index contributed by atoms with van der Waals surface area (Å²) in [6.07, 6.45) is 1.64. The van der Waals surface area contributed by atoms with Gasteiger partial charge < -0.3 is 19.2 Å². The molecular weight excluding hydrogens is 452 g/mol. The molecule has 1 amide bonds. The van der Waals surface area contributed by atoms with Gasteiger partial charge in [-0.1, -0.05) is 17.7 Å². The number of nitrogens with zero attached hydrogens (tertiary/aromatic N) is 1.